The van der Waals surface area contributed by atoms with Gasteiger partial charge in [0.1, 0.15) is 5.82 Å². The maximum atomic E-state index is 13.2. The Bertz CT molecular complexity index is 577. The monoisotopic (exact) mass is 367 g/mol. The molecule has 25 heavy (non-hydrogen) atoms. The molecule has 1 heterocycles. The molecule has 0 aromatic heterocycles. The van der Waals surface area contributed by atoms with Gasteiger partial charge in [0.05, 0.1) is 0 Å². The maximum absolute atomic E-state index is 13.2. The first kappa shape index (κ1) is 19.6. The lowest BCUT2D eigenvalue weighted by Crippen LogP contribution is -2.49. The van der Waals surface area contributed by atoms with Crippen LogP contribution in [0.15, 0.2) is 24.3 Å². The first-order chi connectivity index (χ1) is 12.1. The van der Waals surface area contributed by atoms with Crippen molar-refractivity contribution >= 4 is 23.2 Å². The van der Waals surface area contributed by atoms with Gasteiger partial charge in [-0.15, -0.1) is 0 Å². The Kier molecular flexibility index (Phi) is 8.08. The van der Waals surface area contributed by atoms with Crippen LogP contribution in [-0.4, -0.2) is 54.8 Å². The van der Waals surface area contributed by atoms with Gasteiger partial charge in [0, 0.05) is 44.5 Å². The zero-order valence-corrected chi connectivity index (χ0v) is 15.4. The number of halogens is 1. The fourth-order valence-corrected chi connectivity index (χ4v) is 3.04. The summed E-state index contributed by atoms with van der Waals surface area (Å²) < 4.78 is 18.5. The van der Waals surface area contributed by atoms with Crippen LogP contribution in [0.1, 0.15) is 36.5 Å². The van der Waals surface area contributed by atoms with Gasteiger partial charge in [0.2, 0.25) is 0 Å². The quantitative estimate of drug-likeness (QED) is 0.572. The topological polar surface area (TPSA) is 53.6 Å². The third kappa shape index (κ3) is 6.59. The van der Waals surface area contributed by atoms with Gasteiger partial charge in [0.25, 0.3) is 5.91 Å². The smallest absolute Gasteiger partial charge is 0.251 e. The molecule has 1 aliphatic rings. The molecule has 138 valence electrons. The molecule has 1 aliphatic heterocycles. The van der Waals surface area contributed by atoms with Crippen molar-refractivity contribution in [3.63, 3.8) is 0 Å². The summed E-state index contributed by atoms with van der Waals surface area (Å²) in [5, 5.41) is 6.98. The lowest BCUT2D eigenvalue weighted by molar-refractivity contribution is 0.0922. The van der Waals surface area contributed by atoms with Gasteiger partial charge in [-0.1, -0.05) is 6.07 Å². The highest BCUT2D eigenvalue weighted by molar-refractivity contribution is 7.80. The van der Waals surface area contributed by atoms with Gasteiger partial charge in [-0.25, -0.2) is 4.39 Å². The van der Waals surface area contributed by atoms with Gasteiger partial charge >= 0.3 is 0 Å². The lowest BCUT2D eigenvalue weighted by Gasteiger charge is -2.34. The molecule has 2 rings (SSSR count). The average Bonchev–Trinajstić information content (AvgIpc) is 2.62. The minimum absolute atomic E-state index is 0.0905. The molecule has 0 spiro atoms. The second kappa shape index (κ2) is 10.3. The number of ether oxygens (including phenoxy) is 1. The Balaban J connectivity index is 1.68. The van der Waals surface area contributed by atoms with Crippen molar-refractivity contribution in [1.29, 1.82) is 0 Å². The maximum Gasteiger partial charge on any atom is 0.251 e. The molecule has 1 aromatic carbocycles. The largest absolute Gasteiger partial charge is 0.382 e. The summed E-state index contributed by atoms with van der Waals surface area (Å²) >= 11 is 5.41. The predicted octanol–water partition coefficient (Wildman–Crippen LogP) is 2.32. The van der Waals surface area contributed by atoms with Crippen molar-refractivity contribution in [3.05, 3.63) is 35.6 Å². The van der Waals surface area contributed by atoms with Crippen molar-refractivity contribution in [1.82, 2.24) is 15.5 Å². The van der Waals surface area contributed by atoms with Crippen molar-refractivity contribution in [2.75, 3.05) is 32.8 Å². The molecule has 0 saturated carbocycles. The number of rotatable bonds is 7. The number of hydrogen-bond donors (Lipinski definition) is 2. The Labute approximate surface area is 153 Å². The van der Waals surface area contributed by atoms with Gasteiger partial charge in [-0.05, 0) is 56.6 Å². The van der Waals surface area contributed by atoms with E-state index >= 15 is 0 Å². The standard InChI is InChI=1S/C18H26FN3O2S/c1-2-24-12-4-9-20-18(25)22-10-7-16(8-11-22)21-17(23)14-5-3-6-15(19)13-14/h3,5-6,13,16H,2,4,7-12H2,1H3,(H,20,25)(H,21,23). The van der Waals surface area contributed by atoms with E-state index < -0.39 is 5.82 Å². The molecule has 5 nitrogen and oxygen atoms in total. The Hall–Kier alpha value is -1.73. The number of thiocarbonyl (C=S) groups is 1. The summed E-state index contributed by atoms with van der Waals surface area (Å²) in [4.78, 5) is 14.3. The molecule has 0 unspecified atom stereocenters. The van der Waals surface area contributed by atoms with E-state index in [-0.39, 0.29) is 11.9 Å². The molecule has 0 bridgehead atoms. The zero-order valence-electron chi connectivity index (χ0n) is 14.6. The second-order valence-corrected chi connectivity index (χ2v) is 6.41. The number of nitrogens with one attached hydrogen (secondary N) is 2. The van der Waals surface area contributed by atoms with Crippen LogP contribution in [0.2, 0.25) is 0 Å². The number of piperidine rings is 1. The van der Waals surface area contributed by atoms with Crippen molar-refractivity contribution in [2.24, 2.45) is 0 Å². The zero-order chi connectivity index (χ0) is 18.1. The molecule has 0 radical (unpaired) electrons. The van der Waals surface area contributed by atoms with E-state index in [1.807, 2.05) is 6.92 Å². The van der Waals surface area contributed by atoms with Crippen LogP contribution in [0, 0.1) is 5.82 Å². The summed E-state index contributed by atoms with van der Waals surface area (Å²) in [5.74, 6) is -0.627. The molecular formula is C18H26FN3O2S. The van der Waals surface area contributed by atoms with Gasteiger partial charge in [-0.3, -0.25) is 4.79 Å². The number of amides is 1. The predicted molar refractivity (Wildman–Crippen MR) is 100 cm³/mol. The van der Waals surface area contributed by atoms with E-state index in [0.717, 1.165) is 57.2 Å². The fourth-order valence-electron chi connectivity index (χ4n) is 2.75. The first-order valence-electron chi connectivity index (χ1n) is 8.77. The number of carbonyl (C=O) groups excluding carboxylic acids is 1. The third-order valence-electron chi connectivity index (χ3n) is 4.15. The van der Waals surface area contributed by atoms with E-state index in [0.29, 0.717) is 5.56 Å². The molecule has 7 heteroatoms. The van der Waals surface area contributed by atoms with E-state index in [2.05, 4.69) is 15.5 Å². The molecule has 0 atom stereocenters. The van der Waals surface area contributed by atoms with Crippen molar-refractivity contribution in [2.45, 2.75) is 32.2 Å². The van der Waals surface area contributed by atoms with Crippen LogP contribution in [0.5, 0.6) is 0 Å². The normalized spacial score (nSPS) is 15.0. The molecule has 0 aliphatic carbocycles. The average molecular weight is 367 g/mol. The summed E-state index contributed by atoms with van der Waals surface area (Å²) in [5.41, 5.74) is 0.355. The van der Waals surface area contributed by atoms with Crippen LogP contribution in [0.25, 0.3) is 0 Å². The van der Waals surface area contributed by atoms with E-state index in [1.54, 1.807) is 12.1 Å². The number of likely N-dealkylation sites (tertiary alicyclic amines) is 1. The van der Waals surface area contributed by atoms with Crippen molar-refractivity contribution < 1.29 is 13.9 Å². The molecule has 1 fully saturated rings. The van der Waals surface area contributed by atoms with Crippen LogP contribution >= 0.6 is 12.2 Å². The van der Waals surface area contributed by atoms with Crippen LogP contribution in [0.4, 0.5) is 4.39 Å². The van der Waals surface area contributed by atoms with E-state index in [9.17, 15) is 9.18 Å². The number of benzene rings is 1. The highest BCUT2D eigenvalue weighted by Gasteiger charge is 2.22. The van der Waals surface area contributed by atoms with Crippen molar-refractivity contribution in [3.8, 4) is 0 Å². The summed E-state index contributed by atoms with van der Waals surface area (Å²) in [6.07, 6.45) is 2.57. The lowest BCUT2D eigenvalue weighted by atomic mass is 10.0. The molecular weight excluding hydrogens is 341 g/mol. The highest BCUT2D eigenvalue weighted by atomic mass is 32.1. The van der Waals surface area contributed by atoms with Gasteiger partial charge < -0.3 is 20.3 Å². The minimum atomic E-state index is -0.400. The van der Waals surface area contributed by atoms with Crippen LogP contribution < -0.4 is 10.6 Å². The Morgan fingerprint density at radius 3 is 2.84 bits per heavy atom. The molecule has 1 saturated heterocycles. The van der Waals surface area contributed by atoms with E-state index in [1.165, 1.54) is 12.1 Å². The fraction of sp³-hybridized carbons (Fsp3) is 0.556. The Morgan fingerprint density at radius 1 is 1.40 bits per heavy atom. The highest BCUT2D eigenvalue weighted by Crippen LogP contribution is 2.12. The molecule has 2 N–H and O–H groups in total. The van der Waals surface area contributed by atoms with Crippen LogP contribution in [0.3, 0.4) is 0 Å². The second-order valence-electron chi connectivity index (χ2n) is 6.03. The van der Waals surface area contributed by atoms with E-state index in [4.69, 9.17) is 17.0 Å². The third-order valence-corrected chi connectivity index (χ3v) is 4.55. The number of carbonyl (C=O) groups is 1. The minimum Gasteiger partial charge on any atom is -0.382 e. The first-order valence-corrected chi connectivity index (χ1v) is 9.18. The Morgan fingerprint density at radius 2 is 2.16 bits per heavy atom. The summed E-state index contributed by atoms with van der Waals surface area (Å²) in [6.45, 7) is 5.85. The number of hydrogen-bond acceptors (Lipinski definition) is 3. The summed E-state index contributed by atoms with van der Waals surface area (Å²) in [7, 11) is 0. The van der Waals surface area contributed by atoms with Crippen LogP contribution in [-0.2, 0) is 4.74 Å². The van der Waals surface area contributed by atoms with Gasteiger partial charge in [-0.2, -0.15) is 0 Å². The van der Waals surface area contributed by atoms with Gasteiger partial charge in [0.15, 0.2) is 5.11 Å². The summed E-state index contributed by atoms with van der Waals surface area (Å²) in [6, 6.07) is 5.84. The number of nitrogens with zero attached hydrogens (tertiary/aromatic N) is 1. The SMILES string of the molecule is CCOCCCNC(=S)N1CCC(NC(=O)c2cccc(F)c2)CC1. The molecule has 1 amide bonds. The molecule has 1 aromatic rings.